The minimum atomic E-state index is -0.835. The van der Waals surface area contributed by atoms with Crippen LogP contribution >= 0.6 is 11.3 Å². The van der Waals surface area contributed by atoms with Crippen molar-refractivity contribution in [1.82, 2.24) is 9.47 Å². The van der Waals surface area contributed by atoms with Crippen molar-refractivity contribution in [2.24, 2.45) is 4.99 Å². The van der Waals surface area contributed by atoms with Crippen LogP contribution in [-0.4, -0.2) is 54.7 Å². The van der Waals surface area contributed by atoms with E-state index in [0.29, 0.717) is 67.8 Å². The van der Waals surface area contributed by atoms with E-state index in [1.165, 1.54) is 42.3 Å². The number of non-ortho nitro benzene ring substituents is 1. The molecule has 45 heavy (non-hydrogen) atoms. The first kappa shape index (κ1) is 31.3. The van der Waals surface area contributed by atoms with Gasteiger partial charge in [0.2, 0.25) is 0 Å². The summed E-state index contributed by atoms with van der Waals surface area (Å²) < 4.78 is 24.4. The second-order valence-electron chi connectivity index (χ2n) is 10.0. The van der Waals surface area contributed by atoms with Crippen molar-refractivity contribution in [1.29, 1.82) is 0 Å². The van der Waals surface area contributed by atoms with Crippen LogP contribution in [0.3, 0.4) is 0 Å². The number of thiazole rings is 1. The summed E-state index contributed by atoms with van der Waals surface area (Å²) in [5.74, 6) is 1.87. The standard InChI is InChI=1S/C32H32N4O8S/c1-7-34(8-2)31(38)28-18(3)33-32-35(29(28)23-16-20(41-4)10-13-24(23)42-5)30(37)27(45-32)17-21-11-14-25(44-21)22-12-9-19(36(39)40)15-26(22)43-6/h9-17,29H,7-8H2,1-6H3/b27-17+/t29-/m1/s1. The number of ether oxygens (including phenoxy) is 3. The molecule has 0 N–H and O–H groups in total. The molecule has 4 aromatic rings. The number of rotatable bonds is 10. The van der Waals surface area contributed by atoms with Crippen molar-refractivity contribution in [3.63, 3.8) is 0 Å². The number of likely N-dealkylation sites (N-methyl/N-ethyl adjacent to an activating group) is 1. The van der Waals surface area contributed by atoms with E-state index in [9.17, 15) is 19.7 Å². The van der Waals surface area contributed by atoms with E-state index in [-0.39, 0.29) is 22.9 Å². The highest BCUT2D eigenvalue weighted by Gasteiger charge is 2.36. The lowest BCUT2D eigenvalue weighted by Crippen LogP contribution is -2.43. The van der Waals surface area contributed by atoms with Crippen molar-refractivity contribution < 1.29 is 28.3 Å². The fraction of sp³-hybridized carbons (Fsp3) is 0.281. The predicted octanol–water partition coefficient (Wildman–Crippen LogP) is 4.30. The number of nitrogens with zero attached hydrogens (tertiary/aromatic N) is 4. The highest BCUT2D eigenvalue weighted by molar-refractivity contribution is 7.07. The summed E-state index contributed by atoms with van der Waals surface area (Å²) in [6, 6.07) is 12.1. The van der Waals surface area contributed by atoms with Gasteiger partial charge < -0.3 is 23.5 Å². The molecule has 0 saturated heterocycles. The lowest BCUT2D eigenvalue weighted by molar-refractivity contribution is -0.384. The summed E-state index contributed by atoms with van der Waals surface area (Å²) in [4.78, 5) is 45.6. The topological polar surface area (TPSA) is 139 Å². The molecule has 234 valence electrons. The maximum atomic E-state index is 14.2. The number of allylic oxidation sites excluding steroid dienone is 1. The number of furan rings is 1. The zero-order valence-electron chi connectivity index (χ0n) is 25.7. The Bertz CT molecular complexity index is 2000. The molecule has 2 aromatic heterocycles. The molecule has 0 unspecified atom stereocenters. The number of nitro groups is 1. The van der Waals surface area contributed by atoms with E-state index < -0.39 is 11.0 Å². The van der Waals surface area contributed by atoms with Gasteiger partial charge in [-0.2, -0.15) is 0 Å². The lowest BCUT2D eigenvalue weighted by atomic mass is 9.93. The molecule has 12 nitrogen and oxygen atoms in total. The number of carbonyl (C=O) groups excluding carboxylic acids is 1. The minimum Gasteiger partial charge on any atom is -0.497 e. The van der Waals surface area contributed by atoms with Crippen LogP contribution in [0.4, 0.5) is 5.69 Å². The van der Waals surface area contributed by atoms with E-state index in [0.717, 1.165) is 0 Å². The molecule has 5 rings (SSSR count). The molecule has 0 aliphatic carbocycles. The monoisotopic (exact) mass is 632 g/mol. The van der Waals surface area contributed by atoms with Crippen LogP contribution in [-0.2, 0) is 4.79 Å². The Balaban J connectivity index is 1.67. The number of hydrogen-bond donors (Lipinski definition) is 0. The lowest BCUT2D eigenvalue weighted by Gasteiger charge is -2.30. The minimum absolute atomic E-state index is 0.111. The van der Waals surface area contributed by atoms with E-state index in [1.807, 2.05) is 13.8 Å². The Morgan fingerprint density at radius 1 is 1.07 bits per heavy atom. The summed E-state index contributed by atoms with van der Waals surface area (Å²) in [7, 11) is 4.50. The largest absolute Gasteiger partial charge is 0.497 e. The van der Waals surface area contributed by atoms with Crippen LogP contribution in [0, 0.1) is 10.1 Å². The van der Waals surface area contributed by atoms with Gasteiger partial charge in [-0.05, 0) is 57.2 Å². The summed E-state index contributed by atoms with van der Waals surface area (Å²) in [6.07, 6.45) is 1.61. The third kappa shape index (κ3) is 5.74. The number of hydrogen-bond acceptors (Lipinski definition) is 10. The molecule has 1 aliphatic rings. The second-order valence-corrected chi connectivity index (χ2v) is 11.0. The number of benzene rings is 2. The zero-order chi connectivity index (χ0) is 32.4. The Labute approximate surface area is 262 Å². The molecule has 0 fully saturated rings. The molecular weight excluding hydrogens is 600 g/mol. The van der Waals surface area contributed by atoms with Gasteiger partial charge in [0, 0.05) is 30.8 Å². The van der Waals surface area contributed by atoms with Crippen LogP contribution in [0.2, 0.25) is 0 Å². The van der Waals surface area contributed by atoms with Crippen LogP contribution in [0.5, 0.6) is 17.2 Å². The predicted molar refractivity (Wildman–Crippen MR) is 169 cm³/mol. The average Bonchev–Trinajstić information content (AvgIpc) is 3.63. The number of methoxy groups -OCH3 is 3. The van der Waals surface area contributed by atoms with Crippen molar-refractivity contribution in [3.05, 3.63) is 101 Å². The fourth-order valence-electron chi connectivity index (χ4n) is 5.32. The van der Waals surface area contributed by atoms with Gasteiger partial charge in [-0.25, -0.2) is 4.99 Å². The first-order chi connectivity index (χ1) is 21.6. The van der Waals surface area contributed by atoms with Crippen LogP contribution in [0.25, 0.3) is 17.4 Å². The first-order valence-electron chi connectivity index (χ1n) is 14.1. The van der Waals surface area contributed by atoms with Crippen molar-refractivity contribution in [2.45, 2.75) is 26.8 Å². The molecule has 3 heterocycles. The molecule has 0 saturated carbocycles. The molecule has 0 bridgehead atoms. The molecule has 0 spiro atoms. The molecule has 1 amide bonds. The number of carbonyl (C=O) groups is 1. The Morgan fingerprint density at radius 3 is 2.44 bits per heavy atom. The summed E-state index contributed by atoms with van der Waals surface area (Å²) in [5.41, 5.74) is 1.50. The summed E-state index contributed by atoms with van der Waals surface area (Å²) in [5, 5.41) is 11.2. The molecule has 13 heteroatoms. The first-order valence-corrected chi connectivity index (χ1v) is 14.9. The maximum absolute atomic E-state index is 14.2. The average molecular weight is 633 g/mol. The third-order valence-corrected chi connectivity index (χ3v) is 8.58. The van der Waals surface area contributed by atoms with E-state index in [1.54, 1.807) is 61.4 Å². The Kier molecular flexibility index (Phi) is 8.91. The Morgan fingerprint density at radius 2 is 1.80 bits per heavy atom. The SMILES string of the molecule is CCN(CC)C(=O)C1=C(C)N=c2s/c(=C/c3ccc(-c4ccc([N+](=O)[O-])cc4OC)o3)c(=O)n2[C@@H]1c1cc(OC)ccc1OC. The highest BCUT2D eigenvalue weighted by atomic mass is 32.1. The van der Waals surface area contributed by atoms with Gasteiger partial charge in [-0.15, -0.1) is 0 Å². The highest BCUT2D eigenvalue weighted by Crippen LogP contribution is 2.38. The van der Waals surface area contributed by atoms with Crippen molar-refractivity contribution in [2.75, 3.05) is 34.4 Å². The van der Waals surface area contributed by atoms with E-state index in [4.69, 9.17) is 23.6 Å². The molecule has 2 aromatic carbocycles. The van der Waals surface area contributed by atoms with Crippen LogP contribution in [0.15, 0.2) is 74.0 Å². The summed E-state index contributed by atoms with van der Waals surface area (Å²) in [6.45, 7) is 6.54. The van der Waals surface area contributed by atoms with Crippen LogP contribution < -0.4 is 29.1 Å². The van der Waals surface area contributed by atoms with Crippen LogP contribution in [0.1, 0.15) is 38.1 Å². The normalized spacial score (nSPS) is 14.5. The third-order valence-electron chi connectivity index (χ3n) is 7.60. The van der Waals surface area contributed by atoms with Gasteiger partial charge in [0.05, 0.1) is 53.7 Å². The van der Waals surface area contributed by atoms with Crippen molar-refractivity contribution >= 4 is 29.0 Å². The van der Waals surface area contributed by atoms with Gasteiger partial charge in [0.25, 0.3) is 17.2 Å². The van der Waals surface area contributed by atoms with Crippen molar-refractivity contribution in [3.8, 4) is 28.6 Å². The number of nitro benzene ring substituents is 1. The van der Waals surface area contributed by atoms with E-state index in [2.05, 4.69) is 0 Å². The quantitative estimate of drug-likeness (QED) is 0.186. The smallest absolute Gasteiger partial charge is 0.273 e. The van der Waals surface area contributed by atoms with Gasteiger partial charge in [0.15, 0.2) is 4.80 Å². The number of aromatic nitrogens is 1. The fourth-order valence-corrected chi connectivity index (χ4v) is 6.35. The second kappa shape index (κ2) is 12.8. The van der Waals surface area contributed by atoms with Gasteiger partial charge in [0.1, 0.15) is 34.8 Å². The summed E-state index contributed by atoms with van der Waals surface area (Å²) >= 11 is 1.17. The van der Waals surface area contributed by atoms with E-state index >= 15 is 0 Å². The number of fused-ring (bicyclic) bond motifs is 1. The molecule has 1 atom stereocenters. The maximum Gasteiger partial charge on any atom is 0.273 e. The Hall–Kier alpha value is -5.17. The molecule has 0 radical (unpaired) electrons. The van der Waals surface area contributed by atoms with Gasteiger partial charge in [-0.3, -0.25) is 24.3 Å². The number of amides is 1. The zero-order valence-corrected chi connectivity index (χ0v) is 26.5. The molecule has 1 aliphatic heterocycles. The molecular formula is C32H32N4O8S. The van der Waals surface area contributed by atoms with Gasteiger partial charge >= 0.3 is 0 Å². The van der Waals surface area contributed by atoms with Gasteiger partial charge in [-0.1, -0.05) is 11.3 Å².